The smallest absolute Gasteiger partial charge is 0.251 e. The van der Waals surface area contributed by atoms with Crippen molar-refractivity contribution in [2.24, 2.45) is 0 Å². The number of hydrogen-bond donors (Lipinski definition) is 2. The van der Waals surface area contributed by atoms with Crippen LogP contribution >= 0.6 is 11.6 Å². The Morgan fingerprint density at radius 2 is 1.81 bits per heavy atom. The minimum atomic E-state index is -0.341. The van der Waals surface area contributed by atoms with E-state index in [4.69, 9.17) is 11.6 Å². The molecule has 0 unspecified atom stereocenters. The van der Waals surface area contributed by atoms with Crippen LogP contribution in [0.25, 0.3) is 0 Å². The molecule has 138 valence electrons. The fourth-order valence-electron chi connectivity index (χ4n) is 2.60. The molecule has 0 aliphatic rings. The lowest BCUT2D eigenvalue weighted by Crippen LogP contribution is -2.36. The Morgan fingerprint density at radius 3 is 2.56 bits per heavy atom. The minimum absolute atomic E-state index is 0.104. The van der Waals surface area contributed by atoms with Gasteiger partial charge in [-0.1, -0.05) is 41.9 Å². The van der Waals surface area contributed by atoms with E-state index in [1.165, 1.54) is 0 Å². The molecule has 7 heteroatoms. The summed E-state index contributed by atoms with van der Waals surface area (Å²) in [5.74, 6) is -0.606. The molecule has 2 amide bonds. The van der Waals surface area contributed by atoms with Crippen molar-refractivity contribution in [1.29, 1.82) is 0 Å². The molecule has 0 aliphatic carbocycles. The van der Waals surface area contributed by atoms with Crippen LogP contribution in [-0.2, 0) is 17.9 Å². The lowest BCUT2D eigenvalue weighted by molar-refractivity contribution is -0.120. The van der Waals surface area contributed by atoms with Crippen LogP contribution in [0.15, 0.2) is 67.0 Å². The summed E-state index contributed by atoms with van der Waals surface area (Å²) in [7, 11) is 0. The summed E-state index contributed by atoms with van der Waals surface area (Å²) in [5, 5.41) is 10.1. The van der Waals surface area contributed by atoms with Gasteiger partial charge in [0.25, 0.3) is 5.91 Å². The van der Waals surface area contributed by atoms with Gasteiger partial charge in [0.1, 0.15) is 0 Å². The van der Waals surface area contributed by atoms with Gasteiger partial charge in [-0.2, -0.15) is 5.10 Å². The maximum Gasteiger partial charge on any atom is 0.251 e. The number of carbonyl (C=O) groups excluding carboxylic acids is 2. The van der Waals surface area contributed by atoms with Crippen LogP contribution in [0.1, 0.15) is 21.5 Å². The van der Waals surface area contributed by atoms with E-state index in [-0.39, 0.29) is 18.4 Å². The summed E-state index contributed by atoms with van der Waals surface area (Å²) < 4.78 is 1.83. The average Bonchev–Trinajstić information content (AvgIpc) is 3.18. The van der Waals surface area contributed by atoms with Crippen LogP contribution in [0, 0.1) is 0 Å². The molecule has 0 saturated heterocycles. The summed E-state index contributed by atoms with van der Waals surface area (Å²) in [6, 6.07) is 16.3. The molecule has 0 bridgehead atoms. The van der Waals surface area contributed by atoms with Crippen LogP contribution in [0.4, 0.5) is 0 Å². The van der Waals surface area contributed by atoms with E-state index in [0.29, 0.717) is 23.7 Å². The average molecular weight is 383 g/mol. The number of hydrogen-bond acceptors (Lipinski definition) is 3. The van der Waals surface area contributed by atoms with Gasteiger partial charge in [-0.3, -0.25) is 14.3 Å². The molecule has 2 N–H and O–H groups in total. The summed E-state index contributed by atoms with van der Waals surface area (Å²) in [5.41, 5.74) is 2.49. The molecule has 6 nitrogen and oxygen atoms in total. The highest BCUT2D eigenvalue weighted by molar-refractivity contribution is 6.30. The predicted octanol–water partition coefficient (Wildman–Crippen LogP) is 2.63. The third-order valence-electron chi connectivity index (χ3n) is 3.98. The van der Waals surface area contributed by atoms with Crippen molar-refractivity contribution in [3.63, 3.8) is 0 Å². The van der Waals surface area contributed by atoms with Gasteiger partial charge in [-0.05, 0) is 35.4 Å². The first-order valence-corrected chi connectivity index (χ1v) is 8.84. The Labute approximate surface area is 162 Å². The highest BCUT2D eigenvalue weighted by Crippen LogP contribution is 2.11. The summed E-state index contributed by atoms with van der Waals surface area (Å²) in [6.45, 7) is 0.903. The van der Waals surface area contributed by atoms with E-state index in [1.54, 1.807) is 30.5 Å². The fourth-order valence-corrected chi connectivity index (χ4v) is 2.79. The molecule has 0 spiro atoms. The Kier molecular flexibility index (Phi) is 6.22. The van der Waals surface area contributed by atoms with Gasteiger partial charge in [-0.15, -0.1) is 0 Å². The predicted molar refractivity (Wildman–Crippen MR) is 103 cm³/mol. The Balaban J connectivity index is 1.51. The number of amides is 2. The van der Waals surface area contributed by atoms with Crippen molar-refractivity contribution in [3.05, 3.63) is 88.7 Å². The normalized spacial score (nSPS) is 10.4. The monoisotopic (exact) mass is 382 g/mol. The molecule has 3 aromatic rings. The van der Waals surface area contributed by atoms with Crippen molar-refractivity contribution in [2.45, 2.75) is 13.1 Å². The first-order valence-electron chi connectivity index (χ1n) is 8.46. The number of nitrogens with one attached hydrogen (secondary N) is 2. The lowest BCUT2D eigenvalue weighted by atomic mass is 10.1. The Bertz CT molecular complexity index is 925. The molecule has 27 heavy (non-hydrogen) atoms. The quantitative estimate of drug-likeness (QED) is 0.659. The number of benzene rings is 2. The van der Waals surface area contributed by atoms with Gasteiger partial charge in [-0.25, -0.2) is 0 Å². The molecule has 0 saturated carbocycles. The highest BCUT2D eigenvalue weighted by Gasteiger charge is 2.09. The third-order valence-corrected chi connectivity index (χ3v) is 4.22. The van der Waals surface area contributed by atoms with Crippen molar-refractivity contribution in [2.75, 3.05) is 6.54 Å². The number of halogens is 1. The molecule has 2 aromatic carbocycles. The van der Waals surface area contributed by atoms with E-state index in [1.807, 2.05) is 41.2 Å². The second kappa shape index (κ2) is 9.00. The zero-order valence-electron chi connectivity index (χ0n) is 14.6. The lowest BCUT2D eigenvalue weighted by Gasteiger charge is -2.11. The maximum atomic E-state index is 12.1. The van der Waals surface area contributed by atoms with E-state index >= 15 is 0 Å². The summed E-state index contributed by atoms with van der Waals surface area (Å²) in [6.07, 6.45) is 3.62. The maximum absolute atomic E-state index is 12.1. The zero-order chi connectivity index (χ0) is 19.1. The molecular weight excluding hydrogens is 364 g/mol. The second-order valence-electron chi connectivity index (χ2n) is 5.94. The Hall–Kier alpha value is -3.12. The van der Waals surface area contributed by atoms with Crippen molar-refractivity contribution >= 4 is 23.4 Å². The molecule has 0 atom stereocenters. The molecular formula is C20H19ClN4O2. The number of aromatic nitrogens is 2. The Morgan fingerprint density at radius 1 is 1.00 bits per heavy atom. The standard InChI is InChI=1S/C20H19ClN4O2/c21-18-8-3-7-15(11-18)20(27)23-13-19(26)22-12-16-5-1-2-6-17(16)14-25-10-4-9-24-25/h1-11H,12-14H2,(H,22,26)(H,23,27). The fraction of sp³-hybridized carbons (Fsp3) is 0.150. The minimum Gasteiger partial charge on any atom is -0.350 e. The van der Waals surface area contributed by atoms with E-state index < -0.39 is 0 Å². The molecule has 1 heterocycles. The van der Waals surface area contributed by atoms with Crippen molar-refractivity contribution in [1.82, 2.24) is 20.4 Å². The number of carbonyl (C=O) groups is 2. The van der Waals surface area contributed by atoms with E-state index in [9.17, 15) is 9.59 Å². The van der Waals surface area contributed by atoms with Gasteiger partial charge >= 0.3 is 0 Å². The van der Waals surface area contributed by atoms with Gasteiger partial charge in [0, 0.05) is 29.5 Å². The van der Waals surface area contributed by atoms with Crippen LogP contribution in [-0.4, -0.2) is 28.1 Å². The van der Waals surface area contributed by atoms with Crippen LogP contribution in [0.2, 0.25) is 5.02 Å². The van der Waals surface area contributed by atoms with Gasteiger partial charge in [0.2, 0.25) is 5.91 Å². The van der Waals surface area contributed by atoms with Crippen molar-refractivity contribution < 1.29 is 9.59 Å². The zero-order valence-corrected chi connectivity index (χ0v) is 15.3. The molecule has 0 radical (unpaired) electrons. The second-order valence-corrected chi connectivity index (χ2v) is 6.38. The van der Waals surface area contributed by atoms with Gasteiger partial charge < -0.3 is 10.6 Å². The summed E-state index contributed by atoms with van der Waals surface area (Å²) >= 11 is 5.87. The van der Waals surface area contributed by atoms with Crippen molar-refractivity contribution in [3.8, 4) is 0 Å². The molecule has 0 aliphatic heterocycles. The molecule has 0 fully saturated rings. The number of nitrogens with zero attached hydrogens (tertiary/aromatic N) is 2. The van der Waals surface area contributed by atoms with Crippen LogP contribution < -0.4 is 10.6 Å². The first kappa shape index (κ1) is 18.7. The summed E-state index contributed by atoms with van der Waals surface area (Å²) in [4.78, 5) is 24.1. The topological polar surface area (TPSA) is 76.0 Å². The molecule has 1 aromatic heterocycles. The first-order chi connectivity index (χ1) is 13.1. The third kappa shape index (κ3) is 5.43. The molecule has 3 rings (SSSR count). The highest BCUT2D eigenvalue weighted by atomic mass is 35.5. The van der Waals surface area contributed by atoms with Gasteiger partial charge in [0.15, 0.2) is 0 Å². The van der Waals surface area contributed by atoms with E-state index in [0.717, 1.165) is 11.1 Å². The largest absolute Gasteiger partial charge is 0.350 e. The van der Waals surface area contributed by atoms with E-state index in [2.05, 4.69) is 15.7 Å². The van der Waals surface area contributed by atoms with Crippen LogP contribution in [0.5, 0.6) is 0 Å². The number of rotatable bonds is 7. The van der Waals surface area contributed by atoms with Gasteiger partial charge in [0.05, 0.1) is 13.1 Å². The van der Waals surface area contributed by atoms with Crippen LogP contribution in [0.3, 0.4) is 0 Å². The SMILES string of the molecule is O=C(CNC(=O)c1cccc(Cl)c1)NCc1ccccc1Cn1cccn1.